The monoisotopic (exact) mass is 235 g/mol. The molecule has 0 bridgehead atoms. The van der Waals surface area contributed by atoms with E-state index >= 15 is 0 Å². The SMILES string of the molecule is COCCC(C)Nc1nc2cc(N)ccc2o1. The Hall–Kier alpha value is -1.75. The van der Waals surface area contributed by atoms with Crippen LogP contribution >= 0.6 is 0 Å². The molecule has 0 aliphatic heterocycles. The third kappa shape index (κ3) is 2.88. The Bertz CT molecular complexity index is 495. The molecule has 3 N–H and O–H groups in total. The second kappa shape index (κ2) is 5.05. The predicted octanol–water partition coefficient (Wildman–Crippen LogP) is 2.25. The minimum absolute atomic E-state index is 0.250. The lowest BCUT2D eigenvalue weighted by atomic mass is 10.2. The number of hydrogen-bond acceptors (Lipinski definition) is 5. The highest BCUT2D eigenvalue weighted by molar-refractivity contribution is 5.78. The summed E-state index contributed by atoms with van der Waals surface area (Å²) in [5, 5.41) is 3.19. The van der Waals surface area contributed by atoms with Crippen LogP contribution in [0.4, 0.5) is 11.7 Å². The standard InChI is InChI=1S/C12H17N3O2/c1-8(5-6-16-2)14-12-15-10-7-9(13)3-4-11(10)17-12/h3-4,7-8H,5-6,13H2,1-2H3,(H,14,15). The highest BCUT2D eigenvalue weighted by Gasteiger charge is 2.08. The first-order valence-corrected chi connectivity index (χ1v) is 5.60. The van der Waals surface area contributed by atoms with Crippen molar-refractivity contribution in [3.05, 3.63) is 18.2 Å². The molecule has 1 aromatic heterocycles. The molecule has 2 aromatic rings. The van der Waals surface area contributed by atoms with Crippen molar-refractivity contribution in [3.63, 3.8) is 0 Å². The van der Waals surface area contributed by atoms with Gasteiger partial charge in [0.15, 0.2) is 5.58 Å². The van der Waals surface area contributed by atoms with Crippen molar-refractivity contribution in [3.8, 4) is 0 Å². The molecule has 0 aliphatic rings. The third-order valence-electron chi connectivity index (χ3n) is 2.54. The van der Waals surface area contributed by atoms with Gasteiger partial charge in [-0.05, 0) is 31.5 Å². The van der Waals surface area contributed by atoms with E-state index in [2.05, 4.69) is 17.2 Å². The zero-order valence-corrected chi connectivity index (χ0v) is 10.1. The van der Waals surface area contributed by atoms with Gasteiger partial charge in [0.1, 0.15) is 5.52 Å². The molecule has 0 aliphatic carbocycles. The van der Waals surface area contributed by atoms with Crippen LogP contribution in [0.15, 0.2) is 22.6 Å². The summed E-state index contributed by atoms with van der Waals surface area (Å²) in [4.78, 5) is 4.32. The summed E-state index contributed by atoms with van der Waals surface area (Å²) in [6, 6.07) is 6.19. The average Bonchev–Trinajstić information content (AvgIpc) is 2.67. The van der Waals surface area contributed by atoms with Gasteiger partial charge in [0.2, 0.25) is 0 Å². The molecule has 0 radical (unpaired) electrons. The molecule has 1 unspecified atom stereocenters. The molecule has 2 rings (SSSR count). The number of nitrogens with one attached hydrogen (secondary N) is 1. The minimum atomic E-state index is 0.250. The second-order valence-corrected chi connectivity index (χ2v) is 4.07. The van der Waals surface area contributed by atoms with E-state index in [1.165, 1.54) is 0 Å². The first-order chi connectivity index (χ1) is 8.19. The Morgan fingerprint density at radius 1 is 1.53 bits per heavy atom. The topological polar surface area (TPSA) is 73.3 Å². The number of aromatic nitrogens is 1. The Labute approximate surface area is 100.0 Å². The van der Waals surface area contributed by atoms with Crippen LogP contribution in [-0.4, -0.2) is 24.7 Å². The number of benzene rings is 1. The lowest BCUT2D eigenvalue weighted by molar-refractivity contribution is 0.191. The number of hydrogen-bond donors (Lipinski definition) is 2. The smallest absolute Gasteiger partial charge is 0.295 e. The van der Waals surface area contributed by atoms with E-state index in [9.17, 15) is 0 Å². The Balaban J connectivity index is 2.08. The van der Waals surface area contributed by atoms with Crippen molar-refractivity contribution in [2.24, 2.45) is 0 Å². The maximum absolute atomic E-state index is 5.68. The molecule has 0 saturated carbocycles. The molecular formula is C12H17N3O2. The summed E-state index contributed by atoms with van der Waals surface area (Å²) in [7, 11) is 1.69. The van der Waals surface area contributed by atoms with Gasteiger partial charge in [-0.25, -0.2) is 0 Å². The average molecular weight is 235 g/mol. The van der Waals surface area contributed by atoms with E-state index in [4.69, 9.17) is 14.9 Å². The fourth-order valence-corrected chi connectivity index (χ4v) is 1.58. The van der Waals surface area contributed by atoms with Gasteiger partial charge in [-0.3, -0.25) is 0 Å². The van der Waals surface area contributed by atoms with Gasteiger partial charge < -0.3 is 20.2 Å². The largest absolute Gasteiger partial charge is 0.424 e. The normalized spacial score (nSPS) is 12.8. The van der Waals surface area contributed by atoms with Gasteiger partial charge in [0.05, 0.1) is 0 Å². The molecule has 92 valence electrons. The van der Waals surface area contributed by atoms with Gasteiger partial charge in [-0.15, -0.1) is 0 Å². The number of fused-ring (bicyclic) bond motifs is 1. The van der Waals surface area contributed by atoms with E-state index in [-0.39, 0.29) is 6.04 Å². The maximum atomic E-state index is 5.68. The molecule has 5 nitrogen and oxygen atoms in total. The first-order valence-electron chi connectivity index (χ1n) is 5.60. The molecule has 1 atom stereocenters. The van der Waals surface area contributed by atoms with Crippen LogP contribution in [0.5, 0.6) is 0 Å². The molecule has 5 heteroatoms. The van der Waals surface area contributed by atoms with Crippen LogP contribution in [0.3, 0.4) is 0 Å². The van der Waals surface area contributed by atoms with Crippen molar-refractivity contribution in [2.45, 2.75) is 19.4 Å². The van der Waals surface area contributed by atoms with Gasteiger partial charge in [-0.2, -0.15) is 4.98 Å². The van der Waals surface area contributed by atoms with Crippen molar-refractivity contribution in [1.29, 1.82) is 0 Å². The van der Waals surface area contributed by atoms with E-state index in [1.807, 2.05) is 6.07 Å². The molecule has 0 amide bonds. The van der Waals surface area contributed by atoms with Gasteiger partial charge >= 0.3 is 0 Å². The number of anilines is 2. The van der Waals surface area contributed by atoms with E-state index < -0.39 is 0 Å². The number of ether oxygens (including phenoxy) is 1. The van der Waals surface area contributed by atoms with Crippen molar-refractivity contribution >= 4 is 22.8 Å². The van der Waals surface area contributed by atoms with Crippen LogP contribution in [0, 0.1) is 0 Å². The quantitative estimate of drug-likeness (QED) is 0.777. The second-order valence-electron chi connectivity index (χ2n) is 4.07. The molecule has 1 aromatic carbocycles. The highest BCUT2D eigenvalue weighted by atomic mass is 16.5. The predicted molar refractivity (Wildman–Crippen MR) is 68.0 cm³/mol. The number of nitrogens with two attached hydrogens (primary N) is 1. The summed E-state index contributed by atoms with van der Waals surface area (Å²) in [5.74, 6) is 0. The molecule has 17 heavy (non-hydrogen) atoms. The molecule has 1 heterocycles. The molecular weight excluding hydrogens is 218 g/mol. The van der Waals surface area contributed by atoms with Crippen LogP contribution in [0.1, 0.15) is 13.3 Å². The van der Waals surface area contributed by atoms with E-state index in [0.29, 0.717) is 18.3 Å². The summed E-state index contributed by atoms with van der Waals surface area (Å²) >= 11 is 0. The van der Waals surface area contributed by atoms with Crippen LogP contribution < -0.4 is 11.1 Å². The van der Waals surface area contributed by atoms with Gasteiger partial charge in [0.25, 0.3) is 6.01 Å². The summed E-state index contributed by atoms with van der Waals surface area (Å²) < 4.78 is 10.6. The minimum Gasteiger partial charge on any atom is -0.424 e. The molecule has 0 saturated heterocycles. The van der Waals surface area contributed by atoms with Crippen LogP contribution in [-0.2, 0) is 4.74 Å². The lowest BCUT2D eigenvalue weighted by Crippen LogP contribution is -2.17. The van der Waals surface area contributed by atoms with E-state index in [0.717, 1.165) is 17.5 Å². The third-order valence-corrected chi connectivity index (χ3v) is 2.54. The lowest BCUT2D eigenvalue weighted by Gasteiger charge is -2.10. The molecule has 0 spiro atoms. The Morgan fingerprint density at radius 2 is 2.35 bits per heavy atom. The van der Waals surface area contributed by atoms with Crippen molar-refractivity contribution < 1.29 is 9.15 Å². The Kier molecular flexibility index (Phi) is 3.49. The van der Waals surface area contributed by atoms with E-state index in [1.54, 1.807) is 19.2 Å². The number of rotatable bonds is 5. The summed E-state index contributed by atoms with van der Waals surface area (Å²) in [5.41, 5.74) is 7.87. The van der Waals surface area contributed by atoms with Gasteiger partial charge in [-0.1, -0.05) is 0 Å². The first kappa shape index (κ1) is 11.7. The number of nitrogen functional groups attached to an aromatic ring is 1. The van der Waals surface area contributed by atoms with Crippen molar-refractivity contribution in [1.82, 2.24) is 4.98 Å². The molecule has 0 fully saturated rings. The number of nitrogens with zero attached hydrogens (tertiary/aromatic N) is 1. The zero-order valence-electron chi connectivity index (χ0n) is 10.1. The fourth-order valence-electron chi connectivity index (χ4n) is 1.58. The summed E-state index contributed by atoms with van der Waals surface area (Å²) in [6.07, 6.45) is 0.900. The fraction of sp³-hybridized carbons (Fsp3) is 0.417. The van der Waals surface area contributed by atoms with Crippen LogP contribution in [0.25, 0.3) is 11.1 Å². The number of oxazole rings is 1. The van der Waals surface area contributed by atoms with Gasteiger partial charge in [0, 0.05) is 25.4 Å². The summed E-state index contributed by atoms with van der Waals surface area (Å²) in [6.45, 7) is 2.77. The number of methoxy groups -OCH3 is 1. The highest BCUT2D eigenvalue weighted by Crippen LogP contribution is 2.21. The van der Waals surface area contributed by atoms with Crippen molar-refractivity contribution in [2.75, 3.05) is 24.8 Å². The zero-order chi connectivity index (χ0) is 12.3. The maximum Gasteiger partial charge on any atom is 0.295 e. The van der Waals surface area contributed by atoms with Crippen LogP contribution in [0.2, 0.25) is 0 Å². The Morgan fingerprint density at radius 3 is 3.12 bits per heavy atom.